The van der Waals surface area contributed by atoms with E-state index in [0.717, 1.165) is 26.5 Å². The summed E-state index contributed by atoms with van der Waals surface area (Å²) >= 11 is 2.98. The van der Waals surface area contributed by atoms with E-state index in [1.807, 2.05) is 54.6 Å². The number of nitrogens with zero attached hydrogens (tertiary/aromatic N) is 4. The number of hydrogen-bond acceptors (Lipinski definition) is 9. The van der Waals surface area contributed by atoms with E-state index in [0.29, 0.717) is 17.5 Å². The maximum absolute atomic E-state index is 5.31. The number of ether oxygens (including phenoxy) is 1. The molecule has 0 bridgehead atoms. The molecule has 27 heavy (non-hydrogen) atoms. The van der Waals surface area contributed by atoms with Crippen molar-refractivity contribution in [3.63, 3.8) is 0 Å². The maximum atomic E-state index is 5.31. The predicted molar refractivity (Wildman–Crippen MR) is 105 cm³/mol. The molecule has 0 saturated carbocycles. The normalized spacial score (nSPS) is 10.7. The highest BCUT2D eigenvalue weighted by Gasteiger charge is 2.11. The van der Waals surface area contributed by atoms with E-state index in [-0.39, 0.29) is 0 Å². The Morgan fingerprint density at radius 2 is 1.89 bits per heavy atom. The smallest absolute Gasteiger partial charge is 0.237 e. The van der Waals surface area contributed by atoms with Crippen molar-refractivity contribution in [2.45, 2.75) is 10.1 Å². The van der Waals surface area contributed by atoms with Crippen molar-refractivity contribution in [2.75, 3.05) is 12.4 Å². The van der Waals surface area contributed by atoms with Gasteiger partial charge in [0.05, 0.1) is 12.9 Å². The first-order chi connectivity index (χ1) is 13.3. The van der Waals surface area contributed by atoms with Crippen molar-refractivity contribution in [2.24, 2.45) is 0 Å². The second kappa shape index (κ2) is 8.19. The number of rotatable bonds is 7. The summed E-state index contributed by atoms with van der Waals surface area (Å²) in [5.41, 5.74) is 1.85. The monoisotopic (exact) mass is 397 g/mol. The minimum Gasteiger partial charge on any atom is -0.497 e. The van der Waals surface area contributed by atoms with Gasteiger partial charge in [0.25, 0.3) is 0 Å². The molecule has 0 saturated heterocycles. The number of aromatic nitrogens is 4. The third kappa shape index (κ3) is 4.44. The van der Waals surface area contributed by atoms with E-state index >= 15 is 0 Å². The Hall–Kier alpha value is -2.91. The van der Waals surface area contributed by atoms with Crippen molar-refractivity contribution in [1.29, 1.82) is 0 Å². The lowest BCUT2D eigenvalue weighted by molar-refractivity contribution is 0.391. The molecule has 0 aliphatic carbocycles. The zero-order valence-electron chi connectivity index (χ0n) is 14.3. The molecule has 0 spiro atoms. The Kier molecular flexibility index (Phi) is 5.31. The molecule has 0 fully saturated rings. The molecule has 2 aromatic carbocycles. The zero-order chi connectivity index (χ0) is 18.5. The van der Waals surface area contributed by atoms with Gasteiger partial charge in [0.2, 0.25) is 16.8 Å². The number of hydrogen-bond donors (Lipinski definition) is 1. The van der Waals surface area contributed by atoms with Gasteiger partial charge in [0, 0.05) is 11.3 Å². The fraction of sp³-hybridized carbons (Fsp3) is 0.111. The van der Waals surface area contributed by atoms with Crippen LogP contribution >= 0.6 is 23.1 Å². The Balaban J connectivity index is 1.35. The molecule has 136 valence electrons. The summed E-state index contributed by atoms with van der Waals surface area (Å²) in [6.45, 7) is 0. The highest BCUT2D eigenvalue weighted by molar-refractivity contribution is 8.00. The SMILES string of the molecule is COc1ccc(Nc2nnc(SCc3nc(-c4ccccc4)no3)s2)cc1. The average molecular weight is 397 g/mol. The van der Waals surface area contributed by atoms with Crippen LogP contribution in [0, 0.1) is 0 Å². The average Bonchev–Trinajstić information content (AvgIpc) is 3.37. The highest BCUT2D eigenvalue weighted by atomic mass is 32.2. The van der Waals surface area contributed by atoms with Crippen molar-refractivity contribution >= 4 is 33.9 Å². The van der Waals surface area contributed by atoms with Crippen molar-refractivity contribution in [3.05, 3.63) is 60.5 Å². The van der Waals surface area contributed by atoms with E-state index in [2.05, 4.69) is 25.7 Å². The van der Waals surface area contributed by atoms with Gasteiger partial charge < -0.3 is 14.6 Å². The van der Waals surface area contributed by atoms with Gasteiger partial charge in [-0.2, -0.15) is 4.98 Å². The summed E-state index contributed by atoms with van der Waals surface area (Å²) in [5, 5.41) is 16.3. The zero-order valence-corrected chi connectivity index (χ0v) is 16.0. The van der Waals surface area contributed by atoms with Gasteiger partial charge >= 0.3 is 0 Å². The molecular formula is C18H15N5O2S2. The van der Waals surface area contributed by atoms with E-state index < -0.39 is 0 Å². The second-order valence-corrected chi connectivity index (χ2v) is 7.59. The molecule has 0 aliphatic rings. The maximum Gasteiger partial charge on any atom is 0.237 e. The van der Waals surface area contributed by atoms with Gasteiger partial charge in [0.1, 0.15) is 5.75 Å². The molecule has 2 aromatic heterocycles. The van der Waals surface area contributed by atoms with Gasteiger partial charge in [-0.1, -0.05) is 58.6 Å². The molecule has 0 unspecified atom stereocenters. The summed E-state index contributed by atoms with van der Waals surface area (Å²) in [4.78, 5) is 4.42. The first kappa shape index (κ1) is 17.5. The Morgan fingerprint density at radius 3 is 2.67 bits per heavy atom. The lowest BCUT2D eigenvalue weighted by Gasteiger charge is -2.03. The van der Waals surface area contributed by atoms with Gasteiger partial charge in [-0.05, 0) is 24.3 Å². The van der Waals surface area contributed by atoms with Crippen LogP contribution in [0.4, 0.5) is 10.8 Å². The minimum absolute atomic E-state index is 0.539. The Bertz CT molecular complexity index is 1000. The van der Waals surface area contributed by atoms with Gasteiger partial charge in [0.15, 0.2) is 4.34 Å². The molecule has 4 rings (SSSR count). The summed E-state index contributed by atoms with van der Waals surface area (Å²) in [6.07, 6.45) is 0. The number of methoxy groups -OCH3 is 1. The summed E-state index contributed by atoms with van der Waals surface area (Å²) in [7, 11) is 1.64. The van der Waals surface area contributed by atoms with Crippen LogP contribution in [0.3, 0.4) is 0 Å². The first-order valence-corrected chi connectivity index (χ1v) is 9.86. The van der Waals surface area contributed by atoms with Crippen LogP contribution in [-0.2, 0) is 5.75 Å². The summed E-state index contributed by atoms with van der Waals surface area (Å²) in [6, 6.07) is 17.4. The van der Waals surface area contributed by atoms with E-state index in [4.69, 9.17) is 9.26 Å². The Labute approximate surface area is 163 Å². The predicted octanol–water partition coefficient (Wildman–Crippen LogP) is 4.63. The van der Waals surface area contributed by atoms with Crippen molar-refractivity contribution in [3.8, 4) is 17.1 Å². The quantitative estimate of drug-likeness (QED) is 0.452. The largest absolute Gasteiger partial charge is 0.497 e. The number of anilines is 2. The molecule has 7 nitrogen and oxygen atoms in total. The molecule has 4 aromatic rings. The van der Waals surface area contributed by atoms with Gasteiger partial charge in [-0.3, -0.25) is 0 Å². The van der Waals surface area contributed by atoms with Crippen LogP contribution in [0.5, 0.6) is 5.75 Å². The number of nitrogens with one attached hydrogen (secondary N) is 1. The van der Waals surface area contributed by atoms with Gasteiger partial charge in [-0.15, -0.1) is 10.2 Å². The first-order valence-electron chi connectivity index (χ1n) is 8.05. The Morgan fingerprint density at radius 1 is 1.07 bits per heavy atom. The third-order valence-electron chi connectivity index (χ3n) is 3.57. The minimum atomic E-state index is 0.539. The molecule has 0 amide bonds. The topological polar surface area (TPSA) is 86.0 Å². The van der Waals surface area contributed by atoms with Crippen LogP contribution in [0.2, 0.25) is 0 Å². The number of thioether (sulfide) groups is 1. The number of benzene rings is 2. The second-order valence-electron chi connectivity index (χ2n) is 5.39. The van der Waals surface area contributed by atoms with E-state index in [9.17, 15) is 0 Å². The molecule has 2 heterocycles. The van der Waals surface area contributed by atoms with Crippen LogP contribution in [0.15, 0.2) is 63.5 Å². The molecular weight excluding hydrogens is 382 g/mol. The van der Waals surface area contributed by atoms with E-state index in [1.165, 1.54) is 23.1 Å². The lowest BCUT2D eigenvalue weighted by atomic mass is 10.2. The molecule has 9 heteroatoms. The molecule has 1 N–H and O–H groups in total. The van der Waals surface area contributed by atoms with Crippen molar-refractivity contribution in [1.82, 2.24) is 20.3 Å². The van der Waals surface area contributed by atoms with Crippen LogP contribution in [0.1, 0.15) is 5.89 Å². The molecule has 0 aliphatic heterocycles. The van der Waals surface area contributed by atoms with Crippen molar-refractivity contribution < 1.29 is 9.26 Å². The fourth-order valence-corrected chi connectivity index (χ4v) is 3.87. The van der Waals surface area contributed by atoms with Gasteiger partial charge in [-0.25, -0.2) is 0 Å². The molecule has 0 radical (unpaired) electrons. The van der Waals surface area contributed by atoms with Crippen LogP contribution in [0.25, 0.3) is 11.4 Å². The molecule has 0 atom stereocenters. The highest BCUT2D eigenvalue weighted by Crippen LogP contribution is 2.30. The standard InChI is InChI=1S/C18H15N5O2S2/c1-24-14-9-7-13(8-10-14)19-17-21-22-18(27-17)26-11-15-20-16(23-25-15)12-5-3-2-4-6-12/h2-10H,11H2,1H3,(H,19,21). The van der Waals surface area contributed by atoms with E-state index in [1.54, 1.807) is 7.11 Å². The summed E-state index contributed by atoms with van der Waals surface area (Å²) in [5.74, 6) is 2.49. The van der Waals surface area contributed by atoms with Crippen LogP contribution in [-0.4, -0.2) is 27.4 Å². The summed E-state index contributed by atoms with van der Waals surface area (Å²) < 4.78 is 11.3. The fourth-order valence-electron chi connectivity index (χ4n) is 2.26. The van der Waals surface area contributed by atoms with Crippen LogP contribution < -0.4 is 10.1 Å². The third-order valence-corrected chi connectivity index (χ3v) is 5.52. The lowest BCUT2D eigenvalue weighted by Crippen LogP contribution is -1.89.